The van der Waals surface area contributed by atoms with Crippen LogP contribution in [0.3, 0.4) is 0 Å². The molecule has 154 valence electrons. The molecule has 0 aromatic heterocycles. The van der Waals surface area contributed by atoms with Crippen LogP contribution in [0.15, 0.2) is 53.5 Å². The van der Waals surface area contributed by atoms with Crippen molar-refractivity contribution in [3.8, 4) is 5.75 Å². The first-order valence-corrected chi connectivity index (χ1v) is 9.07. The van der Waals surface area contributed by atoms with E-state index in [-0.39, 0.29) is 17.6 Å². The third kappa shape index (κ3) is 6.41. The van der Waals surface area contributed by atoms with E-state index in [2.05, 4.69) is 15.0 Å². The summed E-state index contributed by atoms with van der Waals surface area (Å²) in [6, 6.07) is 13.0. The van der Waals surface area contributed by atoms with E-state index in [1.54, 1.807) is 0 Å². The van der Waals surface area contributed by atoms with Crippen LogP contribution < -0.4 is 15.8 Å². The number of nitrogens with one attached hydrogen (secondary N) is 1. The molecule has 0 unspecified atom stereocenters. The second-order valence-electron chi connectivity index (χ2n) is 6.63. The van der Waals surface area contributed by atoms with Gasteiger partial charge >= 0.3 is 6.36 Å². The molecule has 3 rings (SSSR count). The first-order valence-electron chi connectivity index (χ1n) is 9.07. The number of carbonyl (C=O) groups excluding carboxylic acids is 1. The fourth-order valence-electron chi connectivity index (χ4n) is 2.95. The third-order valence-electron chi connectivity index (χ3n) is 4.36. The van der Waals surface area contributed by atoms with Gasteiger partial charge in [-0.05, 0) is 41.8 Å². The number of likely N-dealkylation sites (tertiary alicyclic amines) is 1. The minimum Gasteiger partial charge on any atom is -0.406 e. The van der Waals surface area contributed by atoms with Crippen LogP contribution in [0.2, 0.25) is 0 Å². The van der Waals surface area contributed by atoms with Gasteiger partial charge in [0.05, 0.1) is 6.54 Å². The number of alkyl halides is 3. The van der Waals surface area contributed by atoms with E-state index in [4.69, 9.17) is 5.73 Å². The average Bonchev–Trinajstić information content (AvgIpc) is 3.06. The summed E-state index contributed by atoms with van der Waals surface area (Å²) < 4.78 is 40.3. The van der Waals surface area contributed by atoms with Gasteiger partial charge in [0, 0.05) is 25.2 Å². The van der Waals surface area contributed by atoms with Gasteiger partial charge in [0.25, 0.3) is 0 Å². The average molecular weight is 406 g/mol. The molecule has 0 spiro atoms. The molecule has 0 bridgehead atoms. The number of guanidine groups is 1. The van der Waals surface area contributed by atoms with Crippen molar-refractivity contribution in [2.45, 2.75) is 32.3 Å². The Hall–Kier alpha value is -3.23. The molecule has 0 aliphatic carbocycles. The fourth-order valence-corrected chi connectivity index (χ4v) is 2.95. The van der Waals surface area contributed by atoms with Gasteiger partial charge in [-0.25, -0.2) is 4.99 Å². The van der Waals surface area contributed by atoms with Crippen molar-refractivity contribution in [2.24, 2.45) is 10.7 Å². The summed E-state index contributed by atoms with van der Waals surface area (Å²) in [5, 5.41) is 2.81. The van der Waals surface area contributed by atoms with E-state index in [0.717, 1.165) is 24.1 Å². The van der Waals surface area contributed by atoms with Crippen LogP contribution in [-0.2, 0) is 17.9 Å². The van der Waals surface area contributed by atoms with Crippen molar-refractivity contribution in [2.75, 3.05) is 11.9 Å². The number of ether oxygens (including phenoxy) is 1. The van der Waals surface area contributed by atoms with E-state index < -0.39 is 6.36 Å². The van der Waals surface area contributed by atoms with Crippen LogP contribution in [0, 0.1) is 0 Å². The summed E-state index contributed by atoms with van der Waals surface area (Å²) in [5.74, 6) is 0.0195. The number of amides is 1. The molecule has 2 aromatic carbocycles. The minimum atomic E-state index is -4.73. The molecule has 1 aliphatic heterocycles. The number of aliphatic imine (C=N–C) groups is 1. The van der Waals surface area contributed by atoms with E-state index in [0.29, 0.717) is 25.2 Å². The van der Waals surface area contributed by atoms with Gasteiger partial charge in [0.2, 0.25) is 5.91 Å². The summed E-state index contributed by atoms with van der Waals surface area (Å²) in [6.07, 6.45) is -3.19. The largest absolute Gasteiger partial charge is 0.573 e. The summed E-state index contributed by atoms with van der Waals surface area (Å²) in [4.78, 5) is 17.8. The highest BCUT2D eigenvalue weighted by molar-refractivity contribution is 5.92. The number of carbonyl (C=O) groups is 1. The van der Waals surface area contributed by atoms with Crippen LogP contribution in [-0.4, -0.2) is 29.7 Å². The predicted octanol–water partition coefficient (Wildman–Crippen LogP) is 3.63. The smallest absolute Gasteiger partial charge is 0.406 e. The zero-order valence-corrected chi connectivity index (χ0v) is 15.6. The lowest BCUT2D eigenvalue weighted by Gasteiger charge is -2.15. The second-order valence-corrected chi connectivity index (χ2v) is 6.63. The van der Waals surface area contributed by atoms with Crippen LogP contribution in [0.25, 0.3) is 0 Å². The number of benzene rings is 2. The number of hydrogen-bond donors (Lipinski definition) is 2. The lowest BCUT2D eigenvalue weighted by atomic mass is 10.1. The van der Waals surface area contributed by atoms with Gasteiger partial charge in [-0.3, -0.25) is 4.79 Å². The van der Waals surface area contributed by atoms with Crippen LogP contribution in [0.4, 0.5) is 18.9 Å². The summed E-state index contributed by atoms with van der Waals surface area (Å²) in [7, 11) is 0. The van der Waals surface area contributed by atoms with Gasteiger partial charge in [0.1, 0.15) is 5.75 Å². The zero-order chi connectivity index (χ0) is 20.9. The van der Waals surface area contributed by atoms with Gasteiger partial charge in [-0.1, -0.05) is 24.3 Å². The number of hydrogen-bond acceptors (Lipinski definition) is 3. The number of halogens is 3. The molecule has 0 atom stereocenters. The Bertz CT molecular complexity index is 865. The first kappa shape index (κ1) is 20.5. The fraction of sp³-hybridized carbons (Fsp3) is 0.300. The maximum atomic E-state index is 12.2. The maximum Gasteiger partial charge on any atom is 0.573 e. The molecule has 3 N–H and O–H groups in total. The van der Waals surface area contributed by atoms with E-state index in [1.165, 1.54) is 24.3 Å². The Balaban J connectivity index is 1.51. The van der Waals surface area contributed by atoms with Crippen molar-refractivity contribution in [3.63, 3.8) is 0 Å². The Labute approximate surface area is 166 Å². The van der Waals surface area contributed by atoms with Gasteiger partial charge in [-0.15, -0.1) is 13.2 Å². The lowest BCUT2D eigenvalue weighted by Crippen LogP contribution is -2.23. The quantitative estimate of drug-likeness (QED) is 0.567. The maximum absolute atomic E-state index is 12.2. The molecule has 2 aromatic rings. The van der Waals surface area contributed by atoms with Crippen molar-refractivity contribution >= 4 is 17.6 Å². The second kappa shape index (κ2) is 8.85. The molecule has 1 saturated heterocycles. The van der Waals surface area contributed by atoms with Crippen LogP contribution in [0.5, 0.6) is 5.75 Å². The molecule has 1 heterocycles. The summed E-state index contributed by atoms with van der Waals surface area (Å²) >= 11 is 0. The molecule has 0 radical (unpaired) electrons. The lowest BCUT2D eigenvalue weighted by molar-refractivity contribution is -0.274. The molecule has 1 aliphatic rings. The Morgan fingerprint density at radius 2 is 1.76 bits per heavy atom. The van der Waals surface area contributed by atoms with Crippen molar-refractivity contribution in [1.82, 2.24) is 4.90 Å². The zero-order valence-electron chi connectivity index (χ0n) is 15.6. The SMILES string of the molecule is NC(=NCc1ccc(CN2CCCC2=O)cc1)Nc1ccc(OC(F)(F)F)cc1. The van der Waals surface area contributed by atoms with Gasteiger partial charge in [-0.2, -0.15) is 0 Å². The molecular weight excluding hydrogens is 385 g/mol. The Kier molecular flexibility index (Phi) is 6.26. The molecule has 0 saturated carbocycles. The molecule has 1 amide bonds. The number of anilines is 1. The Morgan fingerprint density at radius 1 is 1.10 bits per heavy atom. The minimum absolute atomic E-state index is 0.140. The van der Waals surface area contributed by atoms with E-state index >= 15 is 0 Å². The summed E-state index contributed by atoms with van der Waals surface area (Å²) in [6.45, 7) is 1.76. The Morgan fingerprint density at radius 3 is 2.34 bits per heavy atom. The highest BCUT2D eigenvalue weighted by Gasteiger charge is 2.30. The molecular formula is C20H21F3N4O2. The van der Waals surface area contributed by atoms with Crippen molar-refractivity contribution in [3.05, 3.63) is 59.7 Å². The molecule has 9 heteroatoms. The molecule has 6 nitrogen and oxygen atoms in total. The monoisotopic (exact) mass is 406 g/mol. The van der Waals surface area contributed by atoms with Gasteiger partial charge in [0.15, 0.2) is 5.96 Å². The van der Waals surface area contributed by atoms with Crippen molar-refractivity contribution in [1.29, 1.82) is 0 Å². The van der Waals surface area contributed by atoms with Crippen molar-refractivity contribution < 1.29 is 22.7 Å². The normalized spacial score (nSPS) is 14.9. The van der Waals surface area contributed by atoms with Crippen LogP contribution in [0.1, 0.15) is 24.0 Å². The number of rotatable bonds is 6. The predicted molar refractivity (Wildman–Crippen MR) is 103 cm³/mol. The molecule has 1 fully saturated rings. The van der Waals surface area contributed by atoms with E-state index in [9.17, 15) is 18.0 Å². The first-order chi connectivity index (χ1) is 13.8. The van der Waals surface area contributed by atoms with Gasteiger partial charge < -0.3 is 20.7 Å². The standard InChI is InChI=1S/C20H21F3N4O2/c21-20(22,23)29-17-9-7-16(8-10-17)26-19(24)25-12-14-3-5-15(6-4-14)13-27-11-1-2-18(27)28/h3-10H,1-2,11-13H2,(H3,24,25,26). The number of nitrogens with two attached hydrogens (primary N) is 1. The third-order valence-corrected chi connectivity index (χ3v) is 4.36. The van der Waals surface area contributed by atoms with E-state index in [1.807, 2.05) is 29.2 Å². The highest BCUT2D eigenvalue weighted by atomic mass is 19.4. The molecule has 29 heavy (non-hydrogen) atoms. The number of nitrogens with zero attached hydrogens (tertiary/aromatic N) is 2. The topological polar surface area (TPSA) is 80.0 Å². The summed E-state index contributed by atoms with van der Waals surface area (Å²) in [5.41, 5.74) is 8.32. The van der Waals surface area contributed by atoms with Crippen LogP contribution >= 0.6 is 0 Å². The highest BCUT2D eigenvalue weighted by Crippen LogP contribution is 2.24.